The number of carbonyl (C=O) groups is 1. The Labute approximate surface area is 171 Å². The highest BCUT2D eigenvalue weighted by Crippen LogP contribution is 2.31. The van der Waals surface area contributed by atoms with Crippen LogP contribution in [0, 0.1) is 6.92 Å². The maximum Gasteiger partial charge on any atom is 0.227 e. The number of pyridine rings is 3. The predicted octanol–water partition coefficient (Wildman–Crippen LogP) is 4.22. The second kappa shape index (κ2) is 8.82. The topological polar surface area (TPSA) is 71.0 Å². The number of amides is 1. The van der Waals surface area contributed by atoms with Crippen molar-refractivity contribution in [1.29, 1.82) is 0 Å². The molecule has 6 nitrogen and oxygen atoms in total. The van der Waals surface area contributed by atoms with Gasteiger partial charge in [0.2, 0.25) is 5.91 Å². The summed E-state index contributed by atoms with van der Waals surface area (Å²) >= 11 is 0. The average molecular weight is 387 g/mol. The van der Waals surface area contributed by atoms with Gasteiger partial charge in [0.25, 0.3) is 0 Å². The number of aromatic nitrogens is 3. The number of hydrogen-bond acceptors (Lipinski definition) is 5. The lowest BCUT2D eigenvalue weighted by atomic mass is 9.95. The van der Waals surface area contributed by atoms with Crippen molar-refractivity contribution in [1.82, 2.24) is 19.9 Å². The average Bonchev–Trinajstić information content (AvgIpc) is 2.75. The Bertz CT molecular complexity index is 959. The molecule has 0 aliphatic carbocycles. The number of nitrogens with one attached hydrogen (secondary N) is 1. The summed E-state index contributed by atoms with van der Waals surface area (Å²) < 4.78 is 0. The highest BCUT2D eigenvalue weighted by atomic mass is 16.2. The van der Waals surface area contributed by atoms with E-state index in [4.69, 9.17) is 0 Å². The molecule has 1 N–H and O–H groups in total. The van der Waals surface area contributed by atoms with E-state index in [1.165, 1.54) is 0 Å². The molecular weight excluding hydrogens is 362 g/mol. The molecule has 1 saturated heterocycles. The van der Waals surface area contributed by atoms with Crippen molar-refractivity contribution in [3.63, 3.8) is 0 Å². The minimum Gasteiger partial charge on any atom is -0.335 e. The second-order valence-corrected chi connectivity index (χ2v) is 7.40. The van der Waals surface area contributed by atoms with E-state index < -0.39 is 0 Å². The molecule has 6 heteroatoms. The molecular formula is C23H25N5O. The monoisotopic (exact) mass is 387 g/mol. The molecule has 1 aliphatic rings. The van der Waals surface area contributed by atoms with Crippen LogP contribution in [0.25, 0.3) is 0 Å². The summed E-state index contributed by atoms with van der Waals surface area (Å²) in [7, 11) is 0. The molecule has 3 aromatic rings. The van der Waals surface area contributed by atoms with Gasteiger partial charge in [-0.1, -0.05) is 18.2 Å². The summed E-state index contributed by atoms with van der Waals surface area (Å²) in [6.45, 7) is 2.75. The fourth-order valence-corrected chi connectivity index (χ4v) is 3.78. The number of likely N-dealkylation sites (tertiary alicyclic amines) is 1. The van der Waals surface area contributed by atoms with Crippen LogP contribution >= 0.6 is 0 Å². The predicted molar refractivity (Wildman–Crippen MR) is 113 cm³/mol. The third kappa shape index (κ3) is 4.77. The van der Waals surface area contributed by atoms with E-state index in [1.807, 2.05) is 54.4 Å². The molecule has 0 aromatic carbocycles. The quantitative estimate of drug-likeness (QED) is 0.710. The molecule has 29 heavy (non-hydrogen) atoms. The smallest absolute Gasteiger partial charge is 0.227 e. The molecule has 1 fully saturated rings. The van der Waals surface area contributed by atoms with E-state index in [2.05, 4.69) is 26.3 Å². The number of hydrogen-bond donors (Lipinski definition) is 1. The van der Waals surface area contributed by atoms with Gasteiger partial charge in [0.1, 0.15) is 11.6 Å². The molecule has 148 valence electrons. The van der Waals surface area contributed by atoms with Crippen molar-refractivity contribution in [2.24, 2.45) is 0 Å². The van der Waals surface area contributed by atoms with Gasteiger partial charge in [-0.15, -0.1) is 0 Å². The summed E-state index contributed by atoms with van der Waals surface area (Å²) in [6, 6.07) is 13.8. The first-order chi connectivity index (χ1) is 14.2. The number of anilines is 2. The second-order valence-electron chi connectivity index (χ2n) is 7.40. The van der Waals surface area contributed by atoms with E-state index in [1.54, 1.807) is 12.4 Å². The van der Waals surface area contributed by atoms with Crippen molar-refractivity contribution >= 4 is 17.5 Å². The number of carbonyl (C=O) groups excluding carboxylic acids is 1. The SMILES string of the molecule is Cc1cccc(Nc2ccc(C3CCCCN3C(=O)Cc3cccnc3)cn2)n1. The first kappa shape index (κ1) is 19.1. The Morgan fingerprint density at radius 1 is 1.10 bits per heavy atom. The van der Waals surface area contributed by atoms with Crippen LogP contribution in [0.1, 0.15) is 42.1 Å². The summed E-state index contributed by atoms with van der Waals surface area (Å²) in [4.78, 5) is 28.1. The van der Waals surface area contributed by atoms with Crippen LogP contribution in [0.5, 0.6) is 0 Å². The van der Waals surface area contributed by atoms with Crippen molar-refractivity contribution < 1.29 is 4.79 Å². The highest BCUT2D eigenvalue weighted by molar-refractivity contribution is 5.79. The Balaban J connectivity index is 1.47. The van der Waals surface area contributed by atoms with Crippen molar-refractivity contribution in [2.45, 2.75) is 38.6 Å². The lowest BCUT2D eigenvalue weighted by Gasteiger charge is -2.36. The highest BCUT2D eigenvalue weighted by Gasteiger charge is 2.28. The molecule has 3 aromatic heterocycles. The fraction of sp³-hybridized carbons (Fsp3) is 0.304. The van der Waals surface area contributed by atoms with Crippen LogP contribution in [-0.4, -0.2) is 32.3 Å². The zero-order valence-corrected chi connectivity index (χ0v) is 16.6. The molecule has 0 radical (unpaired) electrons. The van der Waals surface area contributed by atoms with Gasteiger partial charge in [0.15, 0.2) is 0 Å². The number of rotatable bonds is 5. The zero-order valence-electron chi connectivity index (χ0n) is 16.6. The summed E-state index contributed by atoms with van der Waals surface area (Å²) in [5.41, 5.74) is 2.98. The first-order valence-corrected chi connectivity index (χ1v) is 10.0. The van der Waals surface area contributed by atoms with E-state index in [-0.39, 0.29) is 11.9 Å². The number of piperidine rings is 1. The third-order valence-electron chi connectivity index (χ3n) is 5.22. The number of nitrogens with zero attached hydrogens (tertiary/aromatic N) is 4. The Kier molecular flexibility index (Phi) is 5.79. The molecule has 1 aliphatic heterocycles. The van der Waals surface area contributed by atoms with Crippen LogP contribution < -0.4 is 5.32 Å². The summed E-state index contributed by atoms with van der Waals surface area (Å²) in [5, 5.41) is 3.23. The van der Waals surface area contributed by atoms with Crippen LogP contribution in [0.3, 0.4) is 0 Å². The minimum atomic E-state index is 0.0755. The van der Waals surface area contributed by atoms with Gasteiger partial charge in [-0.3, -0.25) is 9.78 Å². The van der Waals surface area contributed by atoms with Crippen molar-refractivity contribution in [3.8, 4) is 0 Å². The van der Waals surface area contributed by atoms with Crippen molar-refractivity contribution in [2.75, 3.05) is 11.9 Å². The Morgan fingerprint density at radius 3 is 2.79 bits per heavy atom. The van der Waals surface area contributed by atoms with Crippen LogP contribution in [0.2, 0.25) is 0 Å². The standard InChI is InChI=1S/C23H25N5O/c1-17-6-4-9-22(26-17)27-21-11-10-19(16-25-21)20-8-2-3-13-28(20)23(29)14-18-7-5-12-24-15-18/h4-7,9-12,15-16,20H,2-3,8,13-14H2,1H3,(H,25,26,27). The first-order valence-electron chi connectivity index (χ1n) is 10.0. The van der Waals surface area contributed by atoms with Gasteiger partial charge in [0, 0.05) is 30.8 Å². The fourth-order valence-electron chi connectivity index (χ4n) is 3.78. The molecule has 4 heterocycles. The normalized spacial score (nSPS) is 16.4. The summed E-state index contributed by atoms with van der Waals surface area (Å²) in [6.07, 6.45) is 8.88. The van der Waals surface area contributed by atoms with E-state index in [0.717, 1.165) is 54.3 Å². The van der Waals surface area contributed by atoms with Crippen LogP contribution in [0.4, 0.5) is 11.6 Å². The van der Waals surface area contributed by atoms with Gasteiger partial charge in [-0.25, -0.2) is 9.97 Å². The maximum atomic E-state index is 12.9. The van der Waals surface area contributed by atoms with Gasteiger partial charge < -0.3 is 10.2 Å². The maximum absolute atomic E-state index is 12.9. The van der Waals surface area contributed by atoms with Crippen LogP contribution in [0.15, 0.2) is 61.1 Å². The molecule has 1 atom stereocenters. The number of aryl methyl sites for hydroxylation is 1. The molecule has 0 saturated carbocycles. The van der Waals surface area contributed by atoms with Gasteiger partial charge in [-0.05, 0) is 61.6 Å². The Hall–Kier alpha value is -3.28. The van der Waals surface area contributed by atoms with Crippen molar-refractivity contribution in [3.05, 3.63) is 77.9 Å². The molecule has 0 spiro atoms. The molecule has 4 rings (SSSR count). The minimum absolute atomic E-state index is 0.0755. The van der Waals surface area contributed by atoms with Crippen LogP contribution in [-0.2, 0) is 11.2 Å². The Morgan fingerprint density at radius 2 is 2.03 bits per heavy atom. The lowest BCUT2D eigenvalue weighted by Crippen LogP contribution is -2.39. The van der Waals surface area contributed by atoms with Gasteiger partial charge in [0.05, 0.1) is 12.5 Å². The largest absolute Gasteiger partial charge is 0.335 e. The zero-order chi connectivity index (χ0) is 20.1. The van der Waals surface area contributed by atoms with E-state index in [9.17, 15) is 4.79 Å². The molecule has 1 amide bonds. The van der Waals surface area contributed by atoms with Gasteiger partial charge >= 0.3 is 0 Å². The molecule has 1 unspecified atom stereocenters. The lowest BCUT2D eigenvalue weighted by molar-refractivity contribution is -0.134. The molecule has 0 bridgehead atoms. The van der Waals surface area contributed by atoms with E-state index in [0.29, 0.717) is 6.42 Å². The third-order valence-corrected chi connectivity index (χ3v) is 5.22. The van der Waals surface area contributed by atoms with E-state index >= 15 is 0 Å². The van der Waals surface area contributed by atoms with Gasteiger partial charge in [-0.2, -0.15) is 0 Å². The summed E-state index contributed by atoms with van der Waals surface area (Å²) in [5.74, 6) is 1.67.